The molecule has 0 aliphatic rings. The fourth-order valence-electron chi connectivity index (χ4n) is 2.48. The van der Waals surface area contributed by atoms with Crippen molar-refractivity contribution in [2.45, 2.75) is 31.8 Å². The first-order valence-electron chi connectivity index (χ1n) is 8.39. The van der Waals surface area contributed by atoms with E-state index in [-0.39, 0.29) is 16.2 Å². The topological polar surface area (TPSA) is 80.8 Å². The Morgan fingerprint density at radius 1 is 1.00 bits per heavy atom. The van der Waals surface area contributed by atoms with E-state index in [2.05, 4.69) is 0 Å². The number of ether oxygens (including phenoxy) is 1. The molecule has 2 rings (SSSR count). The molecule has 0 amide bonds. The number of benzene rings is 2. The van der Waals surface area contributed by atoms with Crippen molar-refractivity contribution in [2.75, 3.05) is 14.1 Å². The minimum atomic E-state index is -3.57. The number of esters is 1. The van der Waals surface area contributed by atoms with Crippen LogP contribution in [0.2, 0.25) is 0 Å². The third kappa shape index (κ3) is 4.61. The van der Waals surface area contributed by atoms with Crippen molar-refractivity contribution in [2.24, 2.45) is 0 Å². The SMILES string of the molecule is Cc1ccc(C)c(C(=O)[C@H](C)OC(=O)c2ccc(S(=O)(=O)N(C)C)cc2)c1. The zero-order valence-electron chi connectivity index (χ0n) is 16.0. The molecule has 0 bridgehead atoms. The second-order valence-corrected chi connectivity index (χ2v) is 8.69. The summed E-state index contributed by atoms with van der Waals surface area (Å²) < 4.78 is 30.5. The highest BCUT2D eigenvalue weighted by Gasteiger charge is 2.23. The van der Waals surface area contributed by atoms with Gasteiger partial charge in [0.05, 0.1) is 10.5 Å². The van der Waals surface area contributed by atoms with Gasteiger partial charge in [0, 0.05) is 19.7 Å². The predicted octanol–water partition coefficient (Wildman–Crippen LogP) is 2.98. The number of carbonyl (C=O) groups is 2. The lowest BCUT2D eigenvalue weighted by atomic mass is 9.99. The molecule has 0 radical (unpaired) electrons. The number of aryl methyl sites for hydroxylation is 2. The minimum Gasteiger partial charge on any atom is -0.451 e. The molecule has 0 heterocycles. The van der Waals surface area contributed by atoms with Crippen molar-refractivity contribution < 1.29 is 22.7 Å². The Hall–Kier alpha value is -2.51. The standard InChI is InChI=1S/C20H23NO5S/c1-13-6-7-14(2)18(12-13)19(22)15(3)26-20(23)16-8-10-17(11-9-16)27(24,25)21(4)5/h6-12,15H,1-5H3/t15-/m0/s1. The summed E-state index contributed by atoms with van der Waals surface area (Å²) in [5.74, 6) is -0.966. The van der Waals surface area contributed by atoms with Crippen LogP contribution in [-0.4, -0.2) is 44.7 Å². The van der Waals surface area contributed by atoms with Gasteiger partial charge >= 0.3 is 5.97 Å². The molecule has 2 aromatic rings. The summed E-state index contributed by atoms with van der Waals surface area (Å²) in [7, 11) is -0.716. The first-order chi connectivity index (χ1) is 12.5. The fraction of sp³-hybridized carbons (Fsp3) is 0.300. The monoisotopic (exact) mass is 389 g/mol. The number of hydrogen-bond donors (Lipinski definition) is 0. The molecule has 0 aromatic heterocycles. The van der Waals surface area contributed by atoms with Gasteiger partial charge in [0.1, 0.15) is 0 Å². The van der Waals surface area contributed by atoms with E-state index in [1.807, 2.05) is 26.0 Å². The Morgan fingerprint density at radius 3 is 2.15 bits per heavy atom. The van der Waals surface area contributed by atoms with Crippen LogP contribution in [0.1, 0.15) is 38.8 Å². The van der Waals surface area contributed by atoms with Gasteiger partial charge in [-0.15, -0.1) is 0 Å². The molecular formula is C20H23NO5S. The van der Waals surface area contributed by atoms with Crippen LogP contribution in [0.25, 0.3) is 0 Å². The molecule has 27 heavy (non-hydrogen) atoms. The number of ketones is 1. The number of Topliss-reactive ketones (excluding diaryl/α,β-unsaturated/α-hetero) is 1. The van der Waals surface area contributed by atoms with Crippen molar-refractivity contribution in [1.82, 2.24) is 4.31 Å². The maximum Gasteiger partial charge on any atom is 0.338 e. The fourth-order valence-corrected chi connectivity index (χ4v) is 3.38. The lowest BCUT2D eigenvalue weighted by molar-refractivity contribution is 0.0318. The van der Waals surface area contributed by atoms with E-state index in [0.717, 1.165) is 15.4 Å². The maximum atomic E-state index is 12.6. The van der Waals surface area contributed by atoms with Crippen LogP contribution in [0.15, 0.2) is 47.4 Å². The van der Waals surface area contributed by atoms with Crippen LogP contribution in [0.4, 0.5) is 0 Å². The lowest BCUT2D eigenvalue weighted by Crippen LogP contribution is -2.25. The van der Waals surface area contributed by atoms with E-state index in [9.17, 15) is 18.0 Å². The van der Waals surface area contributed by atoms with Crippen LogP contribution in [0.3, 0.4) is 0 Å². The van der Waals surface area contributed by atoms with Gasteiger partial charge in [0.25, 0.3) is 0 Å². The van der Waals surface area contributed by atoms with Crippen molar-refractivity contribution in [3.05, 3.63) is 64.7 Å². The number of carbonyl (C=O) groups excluding carboxylic acids is 2. The van der Waals surface area contributed by atoms with Gasteiger partial charge in [-0.05, 0) is 56.7 Å². The van der Waals surface area contributed by atoms with Crippen molar-refractivity contribution in [3.8, 4) is 0 Å². The van der Waals surface area contributed by atoms with Crippen LogP contribution in [0, 0.1) is 13.8 Å². The Balaban J connectivity index is 2.15. The average molecular weight is 389 g/mol. The minimum absolute atomic E-state index is 0.0727. The van der Waals surface area contributed by atoms with Crippen molar-refractivity contribution in [1.29, 1.82) is 0 Å². The highest BCUT2D eigenvalue weighted by atomic mass is 32.2. The summed E-state index contributed by atoms with van der Waals surface area (Å²) in [6.07, 6.45) is -0.955. The zero-order valence-corrected chi connectivity index (χ0v) is 16.8. The average Bonchev–Trinajstić information content (AvgIpc) is 2.62. The van der Waals surface area contributed by atoms with Crippen molar-refractivity contribution >= 4 is 21.8 Å². The van der Waals surface area contributed by atoms with Gasteiger partial charge < -0.3 is 4.74 Å². The van der Waals surface area contributed by atoms with E-state index >= 15 is 0 Å². The summed E-state index contributed by atoms with van der Waals surface area (Å²) in [6, 6.07) is 10.9. The lowest BCUT2D eigenvalue weighted by Gasteiger charge is -2.15. The number of rotatable bonds is 6. The Kier molecular flexibility index (Phi) is 6.18. The molecule has 2 aromatic carbocycles. The molecule has 0 N–H and O–H groups in total. The molecular weight excluding hydrogens is 366 g/mol. The molecule has 0 aliphatic carbocycles. The van der Waals surface area contributed by atoms with E-state index in [4.69, 9.17) is 4.74 Å². The Labute approximate surface area is 159 Å². The molecule has 6 nitrogen and oxygen atoms in total. The number of nitrogens with zero attached hydrogens (tertiary/aromatic N) is 1. The Morgan fingerprint density at radius 2 is 1.59 bits per heavy atom. The van der Waals surface area contributed by atoms with E-state index in [1.165, 1.54) is 45.3 Å². The molecule has 7 heteroatoms. The molecule has 0 fully saturated rings. The van der Waals surface area contributed by atoms with Crippen LogP contribution < -0.4 is 0 Å². The van der Waals surface area contributed by atoms with Crippen LogP contribution in [-0.2, 0) is 14.8 Å². The molecule has 0 saturated heterocycles. The van der Waals surface area contributed by atoms with Crippen LogP contribution >= 0.6 is 0 Å². The quantitative estimate of drug-likeness (QED) is 0.560. The third-order valence-corrected chi connectivity index (χ3v) is 6.01. The number of sulfonamides is 1. The normalized spacial score (nSPS) is 12.7. The van der Waals surface area contributed by atoms with E-state index in [0.29, 0.717) is 5.56 Å². The second-order valence-electron chi connectivity index (χ2n) is 6.54. The van der Waals surface area contributed by atoms with Gasteiger partial charge in [-0.3, -0.25) is 4.79 Å². The predicted molar refractivity (Wildman–Crippen MR) is 102 cm³/mol. The number of hydrogen-bond acceptors (Lipinski definition) is 5. The highest BCUT2D eigenvalue weighted by molar-refractivity contribution is 7.89. The molecule has 144 valence electrons. The molecule has 1 atom stereocenters. The Bertz CT molecular complexity index is 962. The van der Waals surface area contributed by atoms with Gasteiger partial charge in [0.15, 0.2) is 6.10 Å². The summed E-state index contributed by atoms with van der Waals surface area (Å²) in [5.41, 5.74) is 2.45. The molecule has 0 saturated carbocycles. The van der Waals surface area contributed by atoms with E-state index < -0.39 is 22.1 Å². The third-order valence-electron chi connectivity index (χ3n) is 4.18. The molecule has 0 aliphatic heterocycles. The smallest absolute Gasteiger partial charge is 0.338 e. The summed E-state index contributed by atoms with van der Waals surface area (Å²) >= 11 is 0. The van der Waals surface area contributed by atoms with E-state index in [1.54, 1.807) is 6.07 Å². The highest BCUT2D eigenvalue weighted by Crippen LogP contribution is 2.17. The van der Waals surface area contributed by atoms with Crippen LogP contribution in [0.5, 0.6) is 0 Å². The summed E-state index contributed by atoms with van der Waals surface area (Å²) in [4.78, 5) is 25.0. The van der Waals surface area contributed by atoms with Gasteiger partial charge in [-0.25, -0.2) is 17.5 Å². The van der Waals surface area contributed by atoms with Crippen molar-refractivity contribution in [3.63, 3.8) is 0 Å². The zero-order chi connectivity index (χ0) is 20.4. The van der Waals surface area contributed by atoms with Gasteiger partial charge in [-0.1, -0.05) is 17.7 Å². The maximum absolute atomic E-state index is 12.6. The largest absolute Gasteiger partial charge is 0.451 e. The summed E-state index contributed by atoms with van der Waals surface area (Å²) in [6.45, 7) is 5.23. The first kappa shape index (κ1) is 20.8. The second kappa shape index (κ2) is 8.02. The summed E-state index contributed by atoms with van der Waals surface area (Å²) in [5, 5.41) is 0. The van der Waals surface area contributed by atoms with Gasteiger partial charge in [0.2, 0.25) is 15.8 Å². The first-order valence-corrected chi connectivity index (χ1v) is 9.83. The van der Waals surface area contributed by atoms with Gasteiger partial charge in [-0.2, -0.15) is 0 Å². The molecule has 0 spiro atoms. The molecule has 0 unspecified atom stereocenters.